The molecule has 3 aromatic rings. The predicted octanol–water partition coefficient (Wildman–Crippen LogP) is 4.17. The summed E-state index contributed by atoms with van der Waals surface area (Å²) < 4.78 is 39.3. The minimum Gasteiger partial charge on any atom is -0.384 e. The third kappa shape index (κ3) is 3.24. The lowest BCUT2D eigenvalue weighted by Gasteiger charge is -2.12. The van der Waals surface area contributed by atoms with Crippen LogP contribution in [0, 0.1) is 11.3 Å². The molecule has 0 atom stereocenters. The molecule has 0 saturated carbocycles. The van der Waals surface area contributed by atoms with Crippen molar-refractivity contribution in [3.8, 4) is 28.7 Å². The molecule has 0 saturated heterocycles. The number of alkyl halides is 3. The molecule has 0 bridgehead atoms. The van der Waals surface area contributed by atoms with Gasteiger partial charge in [-0.2, -0.15) is 18.4 Å². The first-order valence-electron chi connectivity index (χ1n) is 7.75. The van der Waals surface area contributed by atoms with Crippen LogP contribution in [0.25, 0.3) is 22.6 Å². The molecule has 3 rings (SSSR count). The summed E-state index contributed by atoms with van der Waals surface area (Å²) in [6, 6.07) is 8.61. The monoisotopic (exact) mass is 357 g/mol. The zero-order valence-electron chi connectivity index (χ0n) is 13.7. The first-order chi connectivity index (χ1) is 12.3. The third-order valence-electron chi connectivity index (χ3n) is 3.99. The Morgan fingerprint density at radius 2 is 1.96 bits per heavy atom. The molecule has 3 N–H and O–H groups in total. The summed E-state index contributed by atoms with van der Waals surface area (Å²) in [5, 5.41) is 9.44. The van der Waals surface area contributed by atoms with Crippen molar-refractivity contribution in [1.29, 1.82) is 5.26 Å². The fourth-order valence-electron chi connectivity index (χ4n) is 2.71. The van der Waals surface area contributed by atoms with Gasteiger partial charge >= 0.3 is 6.18 Å². The Labute approximate surface area is 147 Å². The minimum atomic E-state index is -4.47. The topological polar surface area (TPSA) is 91.4 Å². The van der Waals surface area contributed by atoms with Gasteiger partial charge in [0, 0.05) is 11.6 Å². The second-order valence-corrected chi connectivity index (χ2v) is 5.63. The number of aromatic amines is 1. The predicted molar refractivity (Wildman–Crippen MR) is 90.8 cm³/mol. The van der Waals surface area contributed by atoms with Crippen molar-refractivity contribution in [2.75, 3.05) is 5.73 Å². The van der Waals surface area contributed by atoms with Crippen LogP contribution < -0.4 is 5.73 Å². The molecule has 0 unspecified atom stereocenters. The van der Waals surface area contributed by atoms with Crippen LogP contribution in [0.15, 0.2) is 36.7 Å². The summed E-state index contributed by atoms with van der Waals surface area (Å²) in [4.78, 5) is 10.9. The van der Waals surface area contributed by atoms with Crippen molar-refractivity contribution < 1.29 is 13.2 Å². The van der Waals surface area contributed by atoms with E-state index in [0.717, 1.165) is 12.1 Å². The molecule has 1 aromatic carbocycles. The van der Waals surface area contributed by atoms with Crippen LogP contribution in [0.3, 0.4) is 0 Å². The molecular weight excluding hydrogens is 343 g/mol. The molecule has 0 spiro atoms. The Hall–Kier alpha value is -3.34. The van der Waals surface area contributed by atoms with Gasteiger partial charge in [-0.15, -0.1) is 0 Å². The molecular formula is C18H14F3N5. The number of H-pyrrole nitrogens is 1. The number of nitrogens with two attached hydrogens (primary N) is 1. The quantitative estimate of drug-likeness (QED) is 0.736. The first-order valence-corrected chi connectivity index (χ1v) is 7.75. The first kappa shape index (κ1) is 17.5. The largest absolute Gasteiger partial charge is 0.416 e. The Bertz CT molecular complexity index is 999. The Balaban J connectivity index is 2.19. The van der Waals surface area contributed by atoms with Crippen LogP contribution in [0.4, 0.5) is 19.0 Å². The molecule has 2 heterocycles. The Morgan fingerprint density at radius 1 is 1.19 bits per heavy atom. The van der Waals surface area contributed by atoms with Gasteiger partial charge in [-0.1, -0.05) is 13.0 Å². The van der Waals surface area contributed by atoms with E-state index in [2.05, 4.69) is 15.0 Å². The van der Waals surface area contributed by atoms with Crippen molar-refractivity contribution in [3.63, 3.8) is 0 Å². The van der Waals surface area contributed by atoms with Crippen molar-refractivity contribution in [2.45, 2.75) is 19.5 Å². The number of nitrogens with one attached hydrogen (secondary N) is 1. The van der Waals surface area contributed by atoms with Gasteiger partial charge in [0.05, 0.1) is 28.2 Å². The number of rotatable bonds is 3. The highest BCUT2D eigenvalue weighted by Crippen LogP contribution is 2.36. The number of anilines is 1. The van der Waals surface area contributed by atoms with Gasteiger partial charge in [-0.3, -0.25) is 0 Å². The second-order valence-electron chi connectivity index (χ2n) is 5.63. The highest BCUT2D eigenvalue weighted by molar-refractivity contribution is 5.76. The summed E-state index contributed by atoms with van der Waals surface area (Å²) >= 11 is 0. The van der Waals surface area contributed by atoms with E-state index in [1.54, 1.807) is 0 Å². The molecule has 2 aromatic heterocycles. The maximum absolute atomic E-state index is 13.1. The van der Waals surface area contributed by atoms with Gasteiger partial charge in [0.2, 0.25) is 0 Å². The molecule has 132 valence electrons. The Morgan fingerprint density at radius 3 is 2.58 bits per heavy atom. The number of nitrogens with zero attached hydrogens (tertiary/aromatic N) is 3. The summed E-state index contributed by atoms with van der Waals surface area (Å²) in [5.41, 5.74) is 7.39. The van der Waals surface area contributed by atoms with E-state index in [4.69, 9.17) is 5.73 Å². The molecule has 0 radical (unpaired) electrons. The zero-order chi connectivity index (χ0) is 18.9. The average Bonchev–Trinajstić information content (AvgIpc) is 3.04. The fourth-order valence-corrected chi connectivity index (χ4v) is 2.71. The maximum Gasteiger partial charge on any atom is 0.416 e. The van der Waals surface area contributed by atoms with Crippen molar-refractivity contribution in [2.24, 2.45) is 0 Å². The van der Waals surface area contributed by atoms with Crippen LogP contribution in [-0.4, -0.2) is 15.0 Å². The van der Waals surface area contributed by atoms with E-state index in [1.807, 2.05) is 13.0 Å². The lowest BCUT2D eigenvalue weighted by molar-refractivity contribution is -0.137. The summed E-state index contributed by atoms with van der Waals surface area (Å²) in [5.74, 6) is 0.248. The number of benzene rings is 1. The van der Waals surface area contributed by atoms with E-state index in [9.17, 15) is 18.4 Å². The van der Waals surface area contributed by atoms with Gasteiger partial charge in [-0.25, -0.2) is 9.97 Å². The summed E-state index contributed by atoms with van der Waals surface area (Å²) in [7, 11) is 0. The van der Waals surface area contributed by atoms with Crippen LogP contribution in [0.5, 0.6) is 0 Å². The molecule has 0 aliphatic heterocycles. The summed E-state index contributed by atoms with van der Waals surface area (Å²) in [6.45, 7) is 1.84. The third-order valence-corrected chi connectivity index (χ3v) is 3.99. The normalized spacial score (nSPS) is 11.3. The number of hydrogen-bond donors (Lipinski definition) is 2. The van der Waals surface area contributed by atoms with Crippen molar-refractivity contribution >= 4 is 5.82 Å². The molecule has 0 aliphatic carbocycles. The van der Waals surface area contributed by atoms with E-state index < -0.39 is 11.7 Å². The van der Waals surface area contributed by atoms with Gasteiger partial charge in [-0.05, 0) is 30.2 Å². The second kappa shape index (κ2) is 6.52. The zero-order valence-corrected chi connectivity index (χ0v) is 13.7. The molecule has 0 aliphatic rings. The number of aryl methyl sites for hydroxylation is 1. The minimum absolute atomic E-state index is 0.228. The number of nitriles is 1. The highest BCUT2D eigenvalue weighted by Gasteiger charge is 2.31. The highest BCUT2D eigenvalue weighted by atomic mass is 19.4. The molecule has 0 amide bonds. The van der Waals surface area contributed by atoms with Gasteiger partial charge in [0.1, 0.15) is 18.2 Å². The van der Waals surface area contributed by atoms with Gasteiger partial charge < -0.3 is 10.7 Å². The van der Waals surface area contributed by atoms with Crippen LogP contribution in [0.1, 0.15) is 23.6 Å². The molecule has 0 fully saturated rings. The Kier molecular flexibility index (Phi) is 4.38. The standard InChI is InChI=1S/C18H14F3N5/c1-2-10-3-4-12(18(19,20)21)6-13(10)17-11(8-22)5-15(26-17)14-7-16(23)25-9-24-14/h3-7,9,26H,2H2,1H3,(H2,23,24,25). The number of hydrogen-bond acceptors (Lipinski definition) is 4. The van der Waals surface area contributed by atoms with Crippen molar-refractivity contribution in [3.05, 3.63) is 53.3 Å². The van der Waals surface area contributed by atoms with E-state index in [0.29, 0.717) is 34.6 Å². The lowest BCUT2D eigenvalue weighted by atomic mass is 9.97. The summed E-state index contributed by atoms with van der Waals surface area (Å²) in [6.07, 6.45) is -2.67. The van der Waals surface area contributed by atoms with Crippen LogP contribution in [-0.2, 0) is 12.6 Å². The van der Waals surface area contributed by atoms with Crippen LogP contribution >= 0.6 is 0 Å². The van der Waals surface area contributed by atoms with Crippen molar-refractivity contribution in [1.82, 2.24) is 15.0 Å². The fraction of sp³-hybridized carbons (Fsp3) is 0.167. The van der Waals surface area contributed by atoms with E-state index >= 15 is 0 Å². The number of nitrogen functional groups attached to an aromatic ring is 1. The smallest absolute Gasteiger partial charge is 0.384 e. The van der Waals surface area contributed by atoms with Gasteiger partial charge in [0.25, 0.3) is 0 Å². The number of halogens is 3. The van der Waals surface area contributed by atoms with Gasteiger partial charge in [0.15, 0.2) is 0 Å². The maximum atomic E-state index is 13.1. The molecule has 8 heteroatoms. The number of aromatic nitrogens is 3. The van der Waals surface area contributed by atoms with E-state index in [-0.39, 0.29) is 11.4 Å². The lowest BCUT2D eigenvalue weighted by Crippen LogP contribution is -2.06. The molecule has 26 heavy (non-hydrogen) atoms. The average molecular weight is 357 g/mol. The molecule has 5 nitrogen and oxygen atoms in total. The van der Waals surface area contributed by atoms with E-state index in [1.165, 1.54) is 24.5 Å². The van der Waals surface area contributed by atoms with Crippen LogP contribution in [0.2, 0.25) is 0 Å². The SMILES string of the molecule is CCc1ccc(C(F)(F)F)cc1-c1[nH]c(-c2cc(N)ncn2)cc1C#N.